The fourth-order valence-electron chi connectivity index (χ4n) is 5.18. The first-order valence-corrected chi connectivity index (χ1v) is 8.48. The quantitative estimate of drug-likeness (QED) is 0.845. The Bertz CT molecular complexity index is 580. The SMILES string of the molecule is CC1(C)C[C@]2(CN3CCOCC3)CN(C(=O)c3cnco3)C[C@H]12. The van der Waals surface area contributed by atoms with Gasteiger partial charge in [0.25, 0.3) is 5.91 Å². The van der Waals surface area contributed by atoms with Crippen molar-refractivity contribution in [3.05, 3.63) is 18.4 Å². The number of rotatable bonds is 3. The van der Waals surface area contributed by atoms with Crippen LogP contribution in [0.3, 0.4) is 0 Å². The van der Waals surface area contributed by atoms with Crippen molar-refractivity contribution in [2.45, 2.75) is 20.3 Å². The van der Waals surface area contributed by atoms with Crippen molar-refractivity contribution in [2.75, 3.05) is 45.9 Å². The zero-order valence-corrected chi connectivity index (χ0v) is 14.0. The summed E-state index contributed by atoms with van der Waals surface area (Å²) in [4.78, 5) is 21.0. The van der Waals surface area contributed by atoms with Gasteiger partial charge in [-0.15, -0.1) is 0 Å². The van der Waals surface area contributed by atoms with Gasteiger partial charge in [-0.1, -0.05) is 13.8 Å². The third-order valence-electron chi connectivity index (χ3n) is 5.97. The monoisotopic (exact) mass is 319 g/mol. The highest BCUT2D eigenvalue weighted by atomic mass is 16.5. The van der Waals surface area contributed by atoms with Crippen LogP contribution in [0.15, 0.2) is 17.0 Å². The van der Waals surface area contributed by atoms with Crippen LogP contribution in [-0.2, 0) is 4.74 Å². The molecule has 0 bridgehead atoms. The number of amides is 1. The van der Waals surface area contributed by atoms with Crippen molar-refractivity contribution in [1.29, 1.82) is 0 Å². The number of oxazole rings is 1. The van der Waals surface area contributed by atoms with E-state index in [4.69, 9.17) is 9.15 Å². The average molecular weight is 319 g/mol. The largest absolute Gasteiger partial charge is 0.438 e. The molecule has 2 saturated heterocycles. The molecule has 0 radical (unpaired) electrons. The summed E-state index contributed by atoms with van der Waals surface area (Å²) in [7, 11) is 0. The van der Waals surface area contributed by atoms with Gasteiger partial charge in [-0.3, -0.25) is 9.69 Å². The molecule has 1 aliphatic carbocycles. The van der Waals surface area contributed by atoms with Gasteiger partial charge in [-0.2, -0.15) is 0 Å². The smallest absolute Gasteiger partial charge is 0.291 e. The molecule has 1 amide bonds. The summed E-state index contributed by atoms with van der Waals surface area (Å²) in [6.45, 7) is 11.1. The second kappa shape index (κ2) is 5.31. The summed E-state index contributed by atoms with van der Waals surface area (Å²) >= 11 is 0. The lowest BCUT2D eigenvalue weighted by molar-refractivity contribution is -0.0966. The second-order valence-electron chi connectivity index (χ2n) is 8.02. The predicted octanol–water partition coefficient (Wildman–Crippen LogP) is 1.50. The van der Waals surface area contributed by atoms with E-state index in [-0.39, 0.29) is 11.3 Å². The molecule has 3 heterocycles. The van der Waals surface area contributed by atoms with E-state index in [9.17, 15) is 4.79 Å². The molecule has 126 valence electrons. The Hall–Kier alpha value is -1.40. The van der Waals surface area contributed by atoms with Crippen LogP contribution in [0.1, 0.15) is 30.8 Å². The molecule has 6 nitrogen and oxygen atoms in total. The van der Waals surface area contributed by atoms with Crippen LogP contribution in [0.2, 0.25) is 0 Å². The maximum absolute atomic E-state index is 12.6. The van der Waals surface area contributed by atoms with Gasteiger partial charge in [0.05, 0.1) is 19.4 Å². The fourth-order valence-corrected chi connectivity index (χ4v) is 5.18. The molecule has 2 atom stereocenters. The zero-order valence-electron chi connectivity index (χ0n) is 14.0. The molecule has 2 aliphatic heterocycles. The molecule has 1 aromatic heterocycles. The minimum atomic E-state index is -0.0194. The maximum atomic E-state index is 12.6. The molecule has 3 fully saturated rings. The van der Waals surface area contributed by atoms with Crippen molar-refractivity contribution >= 4 is 5.91 Å². The molecule has 6 heteroatoms. The van der Waals surface area contributed by atoms with Crippen molar-refractivity contribution in [1.82, 2.24) is 14.8 Å². The lowest BCUT2D eigenvalue weighted by Gasteiger charge is -2.58. The first kappa shape index (κ1) is 15.1. The van der Waals surface area contributed by atoms with Crippen LogP contribution in [0, 0.1) is 16.7 Å². The van der Waals surface area contributed by atoms with Gasteiger partial charge in [0.2, 0.25) is 5.76 Å². The summed E-state index contributed by atoms with van der Waals surface area (Å²) in [5, 5.41) is 0. The average Bonchev–Trinajstić information content (AvgIpc) is 3.14. The van der Waals surface area contributed by atoms with E-state index in [1.54, 1.807) is 0 Å². The van der Waals surface area contributed by atoms with Crippen LogP contribution >= 0.6 is 0 Å². The topological polar surface area (TPSA) is 58.8 Å². The Morgan fingerprint density at radius 2 is 2.17 bits per heavy atom. The summed E-state index contributed by atoms with van der Waals surface area (Å²) in [5.74, 6) is 0.893. The number of likely N-dealkylation sites (tertiary alicyclic amines) is 1. The van der Waals surface area contributed by atoms with E-state index in [0.717, 1.165) is 45.9 Å². The fraction of sp³-hybridized carbons (Fsp3) is 0.765. The van der Waals surface area contributed by atoms with Gasteiger partial charge in [0.15, 0.2) is 6.39 Å². The number of morpholine rings is 1. The normalized spacial score (nSPS) is 33.3. The molecule has 0 N–H and O–H groups in total. The molecule has 1 saturated carbocycles. The van der Waals surface area contributed by atoms with E-state index >= 15 is 0 Å². The minimum Gasteiger partial charge on any atom is -0.438 e. The molecular weight excluding hydrogens is 294 g/mol. The van der Waals surface area contributed by atoms with Gasteiger partial charge < -0.3 is 14.1 Å². The van der Waals surface area contributed by atoms with Gasteiger partial charge in [0, 0.05) is 38.1 Å². The van der Waals surface area contributed by atoms with Gasteiger partial charge in [0.1, 0.15) is 0 Å². The number of carbonyl (C=O) groups is 1. The summed E-state index contributed by atoms with van der Waals surface area (Å²) in [6.07, 6.45) is 4.02. The Labute approximate surface area is 136 Å². The Morgan fingerprint density at radius 3 is 2.83 bits per heavy atom. The van der Waals surface area contributed by atoms with E-state index in [0.29, 0.717) is 17.1 Å². The highest BCUT2D eigenvalue weighted by Crippen LogP contribution is 2.63. The van der Waals surface area contributed by atoms with Crippen LogP contribution in [0.25, 0.3) is 0 Å². The molecule has 0 aromatic carbocycles. The number of hydrogen-bond donors (Lipinski definition) is 0. The van der Waals surface area contributed by atoms with Gasteiger partial charge >= 0.3 is 0 Å². The van der Waals surface area contributed by atoms with E-state index in [1.165, 1.54) is 19.0 Å². The highest BCUT2D eigenvalue weighted by molar-refractivity contribution is 5.91. The molecule has 4 rings (SSSR count). The molecule has 1 aromatic rings. The molecule has 23 heavy (non-hydrogen) atoms. The van der Waals surface area contributed by atoms with Gasteiger partial charge in [-0.05, 0) is 17.8 Å². The number of ether oxygens (including phenoxy) is 1. The van der Waals surface area contributed by atoms with Crippen molar-refractivity contribution < 1.29 is 13.9 Å². The Kier molecular flexibility index (Phi) is 3.50. The molecule has 3 aliphatic rings. The highest BCUT2D eigenvalue weighted by Gasteiger charge is 2.63. The number of aromatic nitrogens is 1. The van der Waals surface area contributed by atoms with Gasteiger partial charge in [-0.25, -0.2) is 4.98 Å². The van der Waals surface area contributed by atoms with E-state index < -0.39 is 0 Å². The number of fused-ring (bicyclic) bond motifs is 1. The number of nitrogens with zero attached hydrogens (tertiary/aromatic N) is 3. The van der Waals surface area contributed by atoms with Crippen molar-refractivity contribution in [2.24, 2.45) is 16.7 Å². The first-order chi connectivity index (χ1) is 11.0. The summed E-state index contributed by atoms with van der Waals surface area (Å²) < 4.78 is 10.7. The Morgan fingerprint density at radius 1 is 1.39 bits per heavy atom. The first-order valence-electron chi connectivity index (χ1n) is 8.48. The third kappa shape index (κ3) is 2.48. The molecular formula is C17H25N3O3. The predicted molar refractivity (Wildman–Crippen MR) is 84.0 cm³/mol. The van der Waals surface area contributed by atoms with E-state index in [2.05, 4.69) is 23.7 Å². The minimum absolute atomic E-state index is 0.0194. The lowest BCUT2D eigenvalue weighted by atomic mass is 9.48. The number of hydrogen-bond acceptors (Lipinski definition) is 5. The van der Waals surface area contributed by atoms with Crippen LogP contribution < -0.4 is 0 Å². The number of carbonyl (C=O) groups excluding carboxylic acids is 1. The summed E-state index contributed by atoms with van der Waals surface area (Å²) in [5.41, 5.74) is 0.541. The standard InChI is InChI=1S/C17H25N3O3/c1-16(2)9-17(10-19-3-5-22-6-4-19)11-20(8-14(16)17)15(21)13-7-18-12-23-13/h7,12,14H,3-6,8-11H2,1-2H3/t14-,17+/m1/s1. The zero-order chi connectivity index (χ0) is 16.1. The second-order valence-corrected chi connectivity index (χ2v) is 8.02. The summed E-state index contributed by atoms with van der Waals surface area (Å²) in [6, 6.07) is 0. The van der Waals surface area contributed by atoms with Crippen LogP contribution in [0.5, 0.6) is 0 Å². The van der Waals surface area contributed by atoms with Crippen LogP contribution in [-0.4, -0.2) is 66.6 Å². The van der Waals surface area contributed by atoms with E-state index in [1.807, 2.05) is 4.90 Å². The molecule has 0 unspecified atom stereocenters. The van der Waals surface area contributed by atoms with Crippen molar-refractivity contribution in [3.63, 3.8) is 0 Å². The van der Waals surface area contributed by atoms with Crippen molar-refractivity contribution in [3.8, 4) is 0 Å². The molecule has 0 spiro atoms. The Balaban J connectivity index is 1.51. The maximum Gasteiger partial charge on any atom is 0.291 e. The van der Waals surface area contributed by atoms with Crippen LogP contribution in [0.4, 0.5) is 0 Å². The lowest BCUT2D eigenvalue weighted by Crippen LogP contribution is -2.59. The third-order valence-corrected chi connectivity index (χ3v) is 5.97.